The van der Waals surface area contributed by atoms with E-state index in [0.717, 1.165) is 12.8 Å². The van der Waals surface area contributed by atoms with Crippen LogP contribution in [0.2, 0.25) is 0 Å². The van der Waals surface area contributed by atoms with E-state index in [1.165, 1.54) is 0 Å². The van der Waals surface area contributed by atoms with Crippen molar-refractivity contribution in [1.82, 2.24) is 16.0 Å². The van der Waals surface area contributed by atoms with Gasteiger partial charge in [0.2, 0.25) is 5.91 Å². The topological polar surface area (TPSA) is 70.2 Å². The van der Waals surface area contributed by atoms with Gasteiger partial charge in [-0.15, -0.1) is 0 Å². The highest BCUT2D eigenvalue weighted by atomic mass is 16.2. The van der Waals surface area contributed by atoms with Gasteiger partial charge in [0.15, 0.2) is 0 Å². The first-order chi connectivity index (χ1) is 7.49. The van der Waals surface area contributed by atoms with Crippen molar-refractivity contribution in [3.05, 3.63) is 0 Å². The second kappa shape index (κ2) is 5.72. The van der Waals surface area contributed by atoms with Crippen LogP contribution in [-0.4, -0.2) is 30.6 Å². The van der Waals surface area contributed by atoms with E-state index < -0.39 is 0 Å². The van der Waals surface area contributed by atoms with E-state index in [4.69, 9.17) is 0 Å². The molecule has 16 heavy (non-hydrogen) atoms. The lowest BCUT2D eigenvalue weighted by atomic mass is 10.1. The third kappa shape index (κ3) is 5.00. The largest absolute Gasteiger partial charge is 0.352 e. The van der Waals surface area contributed by atoms with Crippen LogP contribution >= 0.6 is 0 Å². The van der Waals surface area contributed by atoms with Crippen LogP contribution in [0, 0.1) is 5.92 Å². The van der Waals surface area contributed by atoms with Gasteiger partial charge in [0.25, 0.3) is 0 Å². The van der Waals surface area contributed by atoms with Gasteiger partial charge in [-0.05, 0) is 25.7 Å². The fourth-order valence-electron chi connectivity index (χ4n) is 1.10. The molecule has 1 rings (SSSR count). The molecule has 1 aliphatic carbocycles. The fourth-order valence-corrected chi connectivity index (χ4v) is 1.10. The van der Waals surface area contributed by atoms with Crippen LogP contribution in [0.4, 0.5) is 4.79 Å². The smallest absolute Gasteiger partial charge is 0.315 e. The molecule has 1 saturated carbocycles. The molecular formula is C11H21N3O2. The lowest BCUT2D eigenvalue weighted by molar-refractivity contribution is -0.120. The molecular weight excluding hydrogens is 206 g/mol. The Morgan fingerprint density at radius 3 is 2.38 bits per heavy atom. The Morgan fingerprint density at radius 1 is 1.25 bits per heavy atom. The number of urea groups is 1. The van der Waals surface area contributed by atoms with E-state index in [9.17, 15) is 9.59 Å². The molecule has 5 nitrogen and oxygen atoms in total. The van der Waals surface area contributed by atoms with Crippen molar-refractivity contribution in [3.63, 3.8) is 0 Å². The van der Waals surface area contributed by atoms with Gasteiger partial charge in [-0.3, -0.25) is 4.79 Å². The average Bonchev–Trinajstić information content (AvgIpc) is 2.98. The standard InChI is InChI=1S/C11H21N3O2/c1-7(2)8(3)13-10(15)6-12-11(16)14-9-4-5-9/h7-9H,4-6H2,1-3H3,(H,13,15)(H2,12,14,16). The van der Waals surface area contributed by atoms with Crippen molar-refractivity contribution in [3.8, 4) is 0 Å². The zero-order valence-electron chi connectivity index (χ0n) is 10.2. The highest BCUT2D eigenvalue weighted by Crippen LogP contribution is 2.18. The minimum absolute atomic E-state index is 0.0373. The fraction of sp³-hybridized carbons (Fsp3) is 0.818. The maximum absolute atomic E-state index is 11.4. The number of amides is 3. The summed E-state index contributed by atoms with van der Waals surface area (Å²) in [6.45, 7) is 6.07. The van der Waals surface area contributed by atoms with Gasteiger partial charge in [-0.2, -0.15) is 0 Å². The molecule has 0 spiro atoms. The summed E-state index contributed by atoms with van der Waals surface area (Å²) in [6.07, 6.45) is 2.09. The second-order valence-electron chi connectivity index (χ2n) is 4.70. The molecule has 0 aliphatic heterocycles. The third-order valence-corrected chi connectivity index (χ3v) is 2.71. The highest BCUT2D eigenvalue weighted by Gasteiger charge is 2.23. The van der Waals surface area contributed by atoms with Crippen LogP contribution in [-0.2, 0) is 4.79 Å². The van der Waals surface area contributed by atoms with E-state index in [1.54, 1.807) is 0 Å². The predicted octanol–water partition coefficient (Wildman–Crippen LogP) is 0.609. The molecule has 0 aromatic carbocycles. The van der Waals surface area contributed by atoms with E-state index in [2.05, 4.69) is 16.0 Å². The van der Waals surface area contributed by atoms with Crippen molar-refractivity contribution in [2.45, 2.75) is 45.7 Å². The van der Waals surface area contributed by atoms with Crippen molar-refractivity contribution >= 4 is 11.9 Å². The van der Waals surface area contributed by atoms with Crippen LogP contribution in [0.15, 0.2) is 0 Å². The van der Waals surface area contributed by atoms with Crippen LogP contribution in [0.1, 0.15) is 33.6 Å². The first kappa shape index (κ1) is 12.8. The SMILES string of the molecule is CC(C)C(C)NC(=O)CNC(=O)NC1CC1. The molecule has 3 amide bonds. The zero-order chi connectivity index (χ0) is 12.1. The average molecular weight is 227 g/mol. The summed E-state index contributed by atoms with van der Waals surface area (Å²) in [6, 6.07) is 0.188. The first-order valence-electron chi connectivity index (χ1n) is 5.82. The molecule has 5 heteroatoms. The Morgan fingerprint density at radius 2 is 1.88 bits per heavy atom. The molecule has 0 saturated heterocycles. The van der Waals surface area contributed by atoms with E-state index in [-0.39, 0.29) is 24.5 Å². The van der Waals surface area contributed by atoms with Gasteiger partial charge in [-0.25, -0.2) is 4.79 Å². The highest BCUT2D eigenvalue weighted by molar-refractivity contribution is 5.84. The number of hydrogen-bond donors (Lipinski definition) is 3. The van der Waals surface area contributed by atoms with E-state index in [0.29, 0.717) is 12.0 Å². The normalized spacial score (nSPS) is 16.8. The van der Waals surface area contributed by atoms with Gasteiger partial charge in [0.05, 0.1) is 6.54 Å². The summed E-state index contributed by atoms with van der Waals surface area (Å²) in [5.41, 5.74) is 0. The lowest BCUT2D eigenvalue weighted by Crippen LogP contribution is -2.45. The Kier molecular flexibility index (Phi) is 4.58. The molecule has 3 N–H and O–H groups in total. The van der Waals surface area contributed by atoms with Crippen LogP contribution in [0.3, 0.4) is 0 Å². The maximum Gasteiger partial charge on any atom is 0.315 e. The number of rotatable bonds is 5. The molecule has 0 radical (unpaired) electrons. The zero-order valence-corrected chi connectivity index (χ0v) is 10.2. The maximum atomic E-state index is 11.4. The van der Waals surface area contributed by atoms with Gasteiger partial charge in [-0.1, -0.05) is 13.8 Å². The summed E-state index contributed by atoms with van der Waals surface area (Å²) >= 11 is 0. The molecule has 1 atom stereocenters. The van der Waals surface area contributed by atoms with Gasteiger partial charge in [0.1, 0.15) is 0 Å². The van der Waals surface area contributed by atoms with Crippen LogP contribution < -0.4 is 16.0 Å². The van der Waals surface area contributed by atoms with Crippen molar-refractivity contribution in [2.75, 3.05) is 6.54 Å². The molecule has 1 fully saturated rings. The monoisotopic (exact) mass is 227 g/mol. The van der Waals surface area contributed by atoms with Crippen molar-refractivity contribution in [1.29, 1.82) is 0 Å². The summed E-state index contributed by atoms with van der Waals surface area (Å²) in [4.78, 5) is 22.6. The van der Waals surface area contributed by atoms with Gasteiger partial charge < -0.3 is 16.0 Å². The Hall–Kier alpha value is -1.26. The Labute approximate surface area is 96.4 Å². The number of hydrogen-bond acceptors (Lipinski definition) is 2. The van der Waals surface area contributed by atoms with Crippen LogP contribution in [0.5, 0.6) is 0 Å². The summed E-state index contributed by atoms with van der Waals surface area (Å²) < 4.78 is 0. The molecule has 1 aliphatic rings. The molecule has 0 heterocycles. The molecule has 0 bridgehead atoms. The third-order valence-electron chi connectivity index (χ3n) is 2.71. The summed E-state index contributed by atoms with van der Waals surface area (Å²) in [7, 11) is 0. The number of nitrogens with one attached hydrogen (secondary N) is 3. The van der Waals surface area contributed by atoms with Gasteiger partial charge in [0, 0.05) is 12.1 Å². The number of carbonyl (C=O) groups excluding carboxylic acids is 2. The molecule has 1 unspecified atom stereocenters. The first-order valence-corrected chi connectivity index (χ1v) is 5.82. The molecule has 0 aromatic heterocycles. The minimum Gasteiger partial charge on any atom is -0.352 e. The summed E-state index contributed by atoms with van der Waals surface area (Å²) in [5.74, 6) is 0.247. The van der Waals surface area contributed by atoms with Gasteiger partial charge >= 0.3 is 6.03 Å². The quantitative estimate of drug-likeness (QED) is 0.644. The van der Waals surface area contributed by atoms with E-state index in [1.807, 2.05) is 20.8 Å². The van der Waals surface area contributed by atoms with Crippen molar-refractivity contribution < 1.29 is 9.59 Å². The minimum atomic E-state index is -0.255. The Bertz CT molecular complexity index is 262. The lowest BCUT2D eigenvalue weighted by Gasteiger charge is -2.17. The second-order valence-corrected chi connectivity index (χ2v) is 4.70. The van der Waals surface area contributed by atoms with Crippen molar-refractivity contribution in [2.24, 2.45) is 5.92 Å². The van der Waals surface area contributed by atoms with E-state index >= 15 is 0 Å². The van der Waals surface area contributed by atoms with Crippen LogP contribution in [0.25, 0.3) is 0 Å². The molecule has 0 aromatic rings. The number of carbonyl (C=O) groups is 2. The molecule has 92 valence electrons. The predicted molar refractivity (Wildman–Crippen MR) is 62.0 cm³/mol. The Balaban J connectivity index is 2.11. The summed E-state index contributed by atoms with van der Waals surface area (Å²) in [5, 5.41) is 8.11.